The summed E-state index contributed by atoms with van der Waals surface area (Å²) in [6.07, 6.45) is 9.16. The van der Waals surface area contributed by atoms with Gasteiger partial charge in [-0.25, -0.2) is 18.7 Å². The quantitative estimate of drug-likeness (QED) is 0.0947. The molecule has 6 aliphatic heterocycles. The van der Waals surface area contributed by atoms with Crippen LogP contribution in [-0.2, 0) is 36.9 Å². The summed E-state index contributed by atoms with van der Waals surface area (Å²) in [6, 6.07) is 10.0. The fourth-order valence-corrected chi connectivity index (χ4v) is 13.7. The van der Waals surface area contributed by atoms with E-state index in [-0.39, 0.29) is 59.8 Å². The molecular weight excluding hydrogens is 1030 g/mol. The van der Waals surface area contributed by atoms with Crippen molar-refractivity contribution in [2.75, 3.05) is 114 Å². The molecule has 1 aromatic heterocycles. The van der Waals surface area contributed by atoms with E-state index in [9.17, 15) is 24.0 Å². The number of benzene rings is 2. The van der Waals surface area contributed by atoms with E-state index in [4.69, 9.17) is 0 Å². The number of halogens is 2. The smallest absolute Gasteiger partial charge is 0.245 e. The average molecular weight is 1120 g/mol. The highest BCUT2D eigenvalue weighted by molar-refractivity contribution is 5.93. The Morgan fingerprint density at radius 2 is 1.56 bits per heavy atom. The molecule has 10 rings (SSSR count). The van der Waals surface area contributed by atoms with Crippen LogP contribution in [0.3, 0.4) is 0 Å². The van der Waals surface area contributed by atoms with Crippen LogP contribution in [0.15, 0.2) is 48.8 Å². The number of hydrogen-bond acceptors (Lipinski definition) is 14. The van der Waals surface area contributed by atoms with Crippen molar-refractivity contribution in [3.63, 3.8) is 0 Å². The molecule has 6 fully saturated rings. The maximum absolute atomic E-state index is 15.8. The second kappa shape index (κ2) is 25.2. The molecule has 5 amide bonds. The standard InChI is InChI=1S/C60H86F2N14O5/c1-39(63-5)56(79)67-40(2)58(81)76-35-45(27-51(76)57(80)69-49-13-8-11-41-10-6-7-12-46(41)49)68-54(77)14-21-73-33-43-31-72(32-44(43)34-73)20-9-19-64-52-29-53(66-38-65-52)74-24-17-60(18-25-74)37-75(36-55(78)70-60)50-28-47(61)42(26-48(50)62)30-71-22-15-59(3,4)16-23-71/h6-7,10,12,26,28-29,38-40,43-45,49,51,63H,8-9,11,13-25,27,30-37H2,1-5H3,(H,67,79)(H,68,77)(H,69,80)(H,70,78)(H,64,65,66)/t39-,40-,43-,44+,45?,49-,51-/m0/s1. The van der Waals surface area contributed by atoms with E-state index in [1.165, 1.54) is 22.6 Å². The highest BCUT2D eigenvalue weighted by Crippen LogP contribution is 2.36. The van der Waals surface area contributed by atoms with Crippen molar-refractivity contribution < 1.29 is 32.8 Å². The Kier molecular flexibility index (Phi) is 18.1. The first-order chi connectivity index (χ1) is 38.9. The Balaban J connectivity index is 0.637. The molecule has 7 heterocycles. The molecule has 0 saturated carbocycles. The molecule has 1 unspecified atom stereocenters. The first-order valence-corrected chi connectivity index (χ1v) is 29.9. The van der Waals surface area contributed by atoms with Crippen molar-refractivity contribution >= 4 is 46.9 Å². The van der Waals surface area contributed by atoms with E-state index >= 15 is 8.78 Å². The lowest BCUT2D eigenvalue weighted by Gasteiger charge is -2.48. The third kappa shape index (κ3) is 14.1. The lowest BCUT2D eigenvalue weighted by molar-refractivity contribution is -0.141. The van der Waals surface area contributed by atoms with Crippen LogP contribution in [0, 0.1) is 28.9 Å². The van der Waals surface area contributed by atoms with Gasteiger partial charge in [-0.15, -0.1) is 0 Å². The van der Waals surface area contributed by atoms with Crippen molar-refractivity contribution in [1.29, 1.82) is 0 Å². The normalized spacial score (nSPS) is 25.4. The van der Waals surface area contributed by atoms with Crippen molar-refractivity contribution in [3.8, 4) is 0 Å². The number of piperidine rings is 2. The zero-order valence-corrected chi connectivity index (χ0v) is 48.2. The van der Waals surface area contributed by atoms with Crippen molar-refractivity contribution in [1.82, 2.24) is 56.2 Å². The molecule has 7 atom stereocenters. The Morgan fingerprint density at radius 1 is 0.827 bits per heavy atom. The first-order valence-electron chi connectivity index (χ1n) is 29.9. The van der Waals surface area contributed by atoms with Gasteiger partial charge < -0.3 is 56.4 Å². The Bertz CT molecular complexity index is 2740. The summed E-state index contributed by atoms with van der Waals surface area (Å²) in [4.78, 5) is 89.0. The van der Waals surface area contributed by atoms with Gasteiger partial charge in [-0.3, -0.25) is 28.9 Å². The van der Waals surface area contributed by atoms with Gasteiger partial charge in [-0.1, -0.05) is 38.1 Å². The summed E-state index contributed by atoms with van der Waals surface area (Å²) >= 11 is 0. The summed E-state index contributed by atoms with van der Waals surface area (Å²) in [7, 11) is 1.68. The number of anilines is 3. The fourth-order valence-electron chi connectivity index (χ4n) is 13.7. The maximum Gasteiger partial charge on any atom is 0.245 e. The summed E-state index contributed by atoms with van der Waals surface area (Å²) in [6.45, 7) is 18.0. The minimum Gasteiger partial charge on any atom is -0.370 e. The lowest BCUT2D eigenvalue weighted by Crippen LogP contribution is -2.66. The van der Waals surface area contributed by atoms with Crippen LogP contribution in [0.2, 0.25) is 0 Å². The molecule has 0 radical (unpaired) electrons. The van der Waals surface area contributed by atoms with Gasteiger partial charge >= 0.3 is 0 Å². The molecule has 1 aliphatic carbocycles. The molecule has 81 heavy (non-hydrogen) atoms. The van der Waals surface area contributed by atoms with Gasteiger partial charge in [0.2, 0.25) is 29.5 Å². The number of carbonyl (C=O) groups is 5. The largest absolute Gasteiger partial charge is 0.370 e. The predicted molar refractivity (Wildman–Crippen MR) is 307 cm³/mol. The van der Waals surface area contributed by atoms with Crippen molar-refractivity contribution in [2.45, 2.75) is 134 Å². The third-order valence-corrected chi connectivity index (χ3v) is 18.7. The number of likely N-dealkylation sites (N-methyl/N-ethyl adjacent to an activating group) is 1. The number of carbonyl (C=O) groups excluding carboxylic acids is 5. The van der Waals surface area contributed by atoms with Crippen LogP contribution < -0.4 is 41.7 Å². The Hall–Kier alpha value is -6.03. The average Bonchev–Trinajstić information content (AvgIpc) is 4.21. The number of nitrogens with zero attached hydrogens (tertiary/aromatic N) is 8. The number of rotatable bonds is 19. The number of likely N-dealkylation sites (tertiary alicyclic amines) is 4. The van der Waals surface area contributed by atoms with Gasteiger partial charge in [0.05, 0.1) is 29.9 Å². The SMILES string of the molecule is CN[C@@H](C)C(=O)N[C@@H](C)C(=O)N1CC(NC(=O)CCN2C[C@H]3CN(CCCNc4cc(N5CCC6(CC5)CN(c5cc(F)c(CN7CCC(C)(C)CC7)cc5F)CC(=O)N6)ncn4)C[C@H]3C2)C[C@H]1C(=O)N[C@H]1CCCc2ccccc21. The van der Waals surface area contributed by atoms with Gasteiger partial charge in [0.1, 0.15) is 41.7 Å². The van der Waals surface area contributed by atoms with Crippen LogP contribution in [0.5, 0.6) is 0 Å². The van der Waals surface area contributed by atoms with Gasteiger partial charge in [0, 0.05) is 102 Å². The molecular formula is C60H86F2N14O5. The fraction of sp³-hybridized carbons (Fsp3) is 0.650. The van der Waals surface area contributed by atoms with E-state index in [1.54, 1.807) is 32.1 Å². The van der Waals surface area contributed by atoms with Crippen LogP contribution in [-0.4, -0.2) is 187 Å². The summed E-state index contributed by atoms with van der Waals surface area (Å²) in [5.74, 6) is 0.486. The van der Waals surface area contributed by atoms with Gasteiger partial charge in [-0.2, -0.15) is 0 Å². The number of fused-ring (bicyclic) bond motifs is 2. The molecule has 21 heteroatoms. The summed E-state index contributed by atoms with van der Waals surface area (Å²) < 4.78 is 31.3. The number of hydrogen-bond donors (Lipinski definition) is 6. The van der Waals surface area contributed by atoms with Gasteiger partial charge in [0.15, 0.2) is 0 Å². The zero-order valence-electron chi connectivity index (χ0n) is 48.2. The molecule has 440 valence electrons. The number of nitrogens with one attached hydrogen (secondary N) is 6. The highest BCUT2D eigenvalue weighted by Gasteiger charge is 2.45. The number of piperazine rings is 1. The maximum atomic E-state index is 15.8. The number of amides is 5. The second-order valence-corrected chi connectivity index (χ2v) is 25.2. The summed E-state index contributed by atoms with van der Waals surface area (Å²) in [5, 5.41) is 18.8. The molecule has 0 bridgehead atoms. The lowest BCUT2D eigenvalue weighted by atomic mass is 9.82. The monoisotopic (exact) mass is 1120 g/mol. The van der Waals surface area contributed by atoms with Gasteiger partial charge in [0.25, 0.3) is 0 Å². The Labute approximate surface area is 476 Å². The molecule has 6 saturated heterocycles. The second-order valence-electron chi connectivity index (χ2n) is 25.2. The molecule has 1 spiro atoms. The van der Waals surface area contributed by atoms with E-state index in [0.29, 0.717) is 75.8 Å². The van der Waals surface area contributed by atoms with Crippen LogP contribution >= 0.6 is 0 Å². The highest BCUT2D eigenvalue weighted by atomic mass is 19.1. The molecule has 7 aliphatic rings. The molecule has 3 aromatic rings. The minimum atomic E-state index is -0.856. The third-order valence-electron chi connectivity index (χ3n) is 18.7. The molecule has 2 aromatic carbocycles. The van der Waals surface area contributed by atoms with E-state index in [0.717, 1.165) is 108 Å². The van der Waals surface area contributed by atoms with Crippen LogP contribution in [0.25, 0.3) is 0 Å². The van der Waals surface area contributed by atoms with Crippen LogP contribution in [0.4, 0.5) is 26.1 Å². The first kappa shape index (κ1) is 58.2. The van der Waals surface area contributed by atoms with E-state index < -0.39 is 41.3 Å². The predicted octanol–water partition coefficient (Wildman–Crippen LogP) is 3.80. The molecule has 6 N–H and O–H groups in total. The summed E-state index contributed by atoms with van der Waals surface area (Å²) in [5.41, 5.74) is 2.50. The van der Waals surface area contributed by atoms with Crippen molar-refractivity contribution in [2.24, 2.45) is 17.3 Å². The minimum absolute atomic E-state index is 0.0252. The van der Waals surface area contributed by atoms with Crippen LogP contribution in [0.1, 0.15) is 108 Å². The van der Waals surface area contributed by atoms with Crippen molar-refractivity contribution in [3.05, 3.63) is 77.1 Å². The number of aromatic nitrogens is 2. The topological polar surface area (TPSA) is 203 Å². The number of aryl methyl sites for hydroxylation is 1. The van der Waals surface area contributed by atoms with E-state index in [2.05, 4.69) is 87.4 Å². The van der Waals surface area contributed by atoms with Gasteiger partial charge in [-0.05, 0) is 133 Å². The molecule has 19 nitrogen and oxygen atoms in total. The van der Waals surface area contributed by atoms with E-state index in [1.807, 2.05) is 18.2 Å². The Morgan fingerprint density at radius 3 is 2.30 bits per heavy atom. The zero-order chi connectivity index (χ0) is 57.0.